The van der Waals surface area contributed by atoms with Crippen molar-refractivity contribution in [1.29, 1.82) is 0 Å². The Kier molecular flexibility index (Phi) is 6.84. The third-order valence-corrected chi connectivity index (χ3v) is 4.64. The Balaban J connectivity index is 1.85. The van der Waals surface area contributed by atoms with Gasteiger partial charge in [0.15, 0.2) is 17.3 Å². The third kappa shape index (κ3) is 4.52. The molecule has 0 N–H and O–H groups in total. The number of methoxy groups -OCH3 is 3. The molecule has 0 saturated heterocycles. The number of hydrogen-bond donors (Lipinski definition) is 0. The van der Waals surface area contributed by atoms with Crippen LogP contribution in [0.3, 0.4) is 0 Å². The third-order valence-electron chi connectivity index (χ3n) is 4.37. The van der Waals surface area contributed by atoms with Crippen molar-refractivity contribution in [1.82, 2.24) is 0 Å². The number of Topliss-reactive ketones (excluding diaryl/α,β-unsaturated/α-hetero) is 1. The molecule has 2 aromatic carbocycles. The quantitative estimate of drug-likeness (QED) is 0.267. The van der Waals surface area contributed by atoms with Crippen LogP contribution < -0.4 is 23.7 Å². The Bertz CT molecular complexity index is 972. The molecule has 1 aliphatic rings. The first-order chi connectivity index (χ1) is 14.5. The molecule has 158 valence electrons. The van der Waals surface area contributed by atoms with E-state index in [2.05, 4.69) is 0 Å². The van der Waals surface area contributed by atoms with Gasteiger partial charge in [-0.1, -0.05) is 0 Å². The van der Waals surface area contributed by atoms with Crippen LogP contribution in [0.4, 0.5) is 0 Å². The minimum absolute atomic E-state index is 0.130. The van der Waals surface area contributed by atoms with Crippen molar-refractivity contribution in [2.24, 2.45) is 0 Å². The maximum Gasteiger partial charge on any atom is 0.311 e. The van der Waals surface area contributed by atoms with Gasteiger partial charge in [0.05, 0.1) is 26.9 Å². The lowest BCUT2D eigenvalue weighted by Crippen LogP contribution is -2.07. The Morgan fingerprint density at radius 2 is 1.77 bits per heavy atom. The summed E-state index contributed by atoms with van der Waals surface area (Å²) in [5, 5.41) is 0. The van der Waals surface area contributed by atoms with E-state index in [1.807, 2.05) is 0 Å². The van der Waals surface area contributed by atoms with Crippen LogP contribution in [0, 0.1) is 0 Å². The predicted molar refractivity (Wildman–Crippen MR) is 111 cm³/mol. The van der Waals surface area contributed by atoms with Crippen LogP contribution in [-0.2, 0) is 4.79 Å². The van der Waals surface area contributed by atoms with Gasteiger partial charge < -0.3 is 23.7 Å². The van der Waals surface area contributed by atoms with Crippen LogP contribution in [0.5, 0.6) is 28.7 Å². The molecular formula is C22H21ClO7. The second kappa shape index (κ2) is 9.54. The lowest BCUT2D eigenvalue weighted by atomic mass is 10.1. The molecule has 30 heavy (non-hydrogen) atoms. The number of hydrogen-bond acceptors (Lipinski definition) is 7. The fourth-order valence-electron chi connectivity index (χ4n) is 2.96. The van der Waals surface area contributed by atoms with E-state index in [1.54, 1.807) is 30.3 Å². The van der Waals surface area contributed by atoms with Crippen LogP contribution in [0.2, 0.25) is 0 Å². The number of alkyl halides is 1. The van der Waals surface area contributed by atoms with E-state index < -0.39 is 5.97 Å². The van der Waals surface area contributed by atoms with Gasteiger partial charge in [-0.15, -0.1) is 11.6 Å². The Labute approximate surface area is 179 Å². The van der Waals surface area contributed by atoms with Gasteiger partial charge >= 0.3 is 5.97 Å². The molecule has 0 atom stereocenters. The van der Waals surface area contributed by atoms with E-state index in [-0.39, 0.29) is 18.0 Å². The first kappa shape index (κ1) is 21.5. The van der Waals surface area contributed by atoms with E-state index >= 15 is 0 Å². The molecule has 1 aliphatic heterocycles. The fourth-order valence-corrected chi connectivity index (χ4v) is 3.09. The second-order valence-electron chi connectivity index (χ2n) is 6.32. The monoisotopic (exact) mass is 432 g/mol. The zero-order valence-electron chi connectivity index (χ0n) is 16.8. The lowest BCUT2D eigenvalue weighted by Gasteiger charge is -2.13. The summed E-state index contributed by atoms with van der Waals surface area (Å²) in [5.41, 5.74) is 1.02. The molecule has 0 spiro atoms. The van der Waals surface area contributed by atoms with Crippen molar-refractivity contribution in [2.75, 3.05) is 27.2 Å². The Hall–Kier alpha value is -3.19. The number of halogens is 1. The van der Waals surface area contributed by atoms with E-state index in [0.717, 1.165) is 0 Å². The van der Waals surface area contributed by atoms with Crippen molar-refractivity contribution in [3.63, 3.8) is 0 Å². The molecule has 1 heterocycles. The van der Waals surface area contributed by atoms with Gasteiger partial charge in [-0.25, -0.2) is 0 Å². The average Bonchev–Trinajstić information content (AvgIpc) is 3.05. The summed E-state index contributed by atoms with van der Waals surface area (Å²) in [7, 11) is 4.54. The topological polar surface area (TPSA) is 80.3 Å². The van der Waals surface area contributed by atoms with E-state index in [0.29, 0.717) is 52.2 Å². The van der Waals surface area contributed by atoms with Crippen LogP contribution >= 0.6 is 11.6 Å². The van der Waals surface area contributed by atoms with Gasteiger partial charge in [-0.3, -0.25) is 9.59 Å². The molecule has 0 saturated carbocycles. The summed E-state index contributed by atoms with van der Waals surface area (Å²) < 4.78 is 27.0. The van der Waals surface area contributed by atoms with Crippen LogP contribution in [0.25, 0.3) is 6.08 Å². The molecule has 0 amide bonds. The smallest absolute Gasteiger partial charge is 0.311 e. The first-order valence-corrected chi connectivity index (χ1v) is 9.69. The highest BCUT2D eigenvalue weighted by Crippen LogP contribution is 2.40. The molecule has 2 aromatic rings. The molecule has 0 fully saturated rings. The van der Waals surface area contributed by atoms with Crippen LogP contribution in [0.15, 0.2) is 36.1 Å². The molecule has 0 aromatic heterocycles. The summed E-state index contributed by atoms with van der Waals surface area (Å²) >= 11 is 5.58. The summed E-state index contributed by atoms with van der Waals surface area (Å²) in [6.07, 6.45) is 2.33. The zero-order valence-corrected chi connectivity index (χ0v) is 17.6. The molecule has 7 nitrogen and oxygen atoms in total. The van der Waals surface area contributed by atoms with Crippen LogP contribution in [0.1, 0.15) is 28.8 Å². The molecule has 8 heteroatoms. The normalized spacial score (nSPS) is 13.6. The second-order valence-corrected chi connectivity index (χ2v) is 6.70. The highest BCUT2D eigenvalue weighted by Gasteiger charge is 2.28. The molecular weight excluding hydrogens is 412 g/mol. The van der Waals surface area contributed by atoms with Crippen molar-refractivity contribution >= 4 is 29.4 Å². The summed E-state index contributed by atoms with van der Waals surface area (Å²) in [4.78, 5) is 24.5. The van der Waals surface area contributed by atoms with Crippen molar-refractivity contribution < 1.29 is 33.3 Å². The van der Waals surface area contributed by atoms with Crippen molar-refractivity contribution in [2.45, 2.75) is 12.8 Å². The minimum atomic E-state index is -0.395. The van der Waals surface area contributed by atoms with Gasteiger partial charge in [-0.05, 0) is 42.3 Å². The van der Waals surface area contributed by atoms with Crippen molar-refractivity contribution in [3.8, 4) is 28.7 Å². The fraction of sp³-hybridized carbons (Fsp3) is 0.273. The predicted octanol–water partition coefficient (Wildman–Crippen LogP) is 4.25. The molecule has 3 rings (SSSR count). The number of ketones is 1. The van der Waals surface area contributed by atoms with Crippen molar-refractivity contribution in [3.05, 3.63) is 47.2 Å². The lowest BCUT2D eigenvalue weighted by molar-refractivity contribution is -0.134. The zero-order chi connectivity index (χ0) is 21.7. The highest BCUT2D eigenvalue weighted by molar-refractivity contribution is 6.18. The number of fused-ring (bicyclic) bond motifs is 1. The number of ether oxygens (including phenoxy) is 5. The highest BCUT2D eigenvalue weighted by atomic mass is 35.5. The average molecular weight is 433 g/mol. The molecule has 0 aliphatic carbocycles. The summed E-state index contributed by atoms with van der Waals surface area (Å²) in [6.45, 7) is 0. The molecule has 0 unspecified atom stereocenters. The number of carbonyl (C=O) groups excluding carboxylic acids is 2. The number of carbonyl (C=O) groups is 2. The Morgan fingerprint density at radius 3 is 2.37 bits per heavy atom. The minimum Gasteiger partial charge on any atom is -0.493 e. The van der Waals surface area contributed by atoms with Gasteiger partial charge in [0.25, 0.3) is 0 Å². The van der Waals surface area contributed by atoms with Crippen LogP contribution in [-0.4, -0.2) is 39.0 Å². The van der Waals surface area contributed by atoms with E-state index in [9.17, 15) is 9.59 Å². The SMILES string of the molecule is COc1cc(/C=C2\Oc3cc(OC(=O)CCCCl)ccc3C2=O)cc(OC)c1OC. The number of esters is 1. The Morgan fingerprint density at radius 1 is 1.07 bits per heavy atom. The molecule has 0 radical (unpaired) electrons. The molecule has 0 bridgehead atoms. The van der Waals surface area contributed by atoms with Gasteiger partial charge in [0.1, 0.15) is 11.5 Å². The summed E-state index contributed by atoms with van der Waals surface area (Å²) in [5.74, 6) is 1.82. The standard InChI is InChI=1S/C22H21ClO7/c1-26-18-10-13(11-19(27-2)22(18)28-3)9-17-21(25)15-7-6-14(12-16(15)30-17)29-20(24)5-4-8-23/h6-7,9-12H,4-5,8H2,1-3H3/b17-9-. The summed E-state index contributed by atoms with van der Waals surface area (Å²) in [6, 6.07) is 8.05. The first-order valence-electron chi connectivity index (χ1n) is 9.15. The van der Waals surface area contributed by atoms with E-state index in [4.69, 9.17) is 35.3 Å². The largest absolute Gasteiger partial charge is 0.493 e. The van der Waals surface area contributed by atoms with Gasteiger partial charge in [0, 0.05) is 18.4 Å². The maximum absolute atomic E-state index is 12.7. The van der Waals surface area contributed by atoms with E-state index in [1.165, 1.54) is 27.4 Å². The number of rotatable bonds is 8. The maximum atomic E-state index is 12.7. The van der Waals surface area contributed by atoms with Gasteiger partial charge in [0.2, 0.25) is 11.5 Å². The number of benzene rings is 2. The number of allylic oxidation sites excluding steroid dienone is 1. The van der Waals surface area contributed by atoms with Gasteiger partial charge in [-0.2, -0.15) is 0 Å².